The van der Waals surface area contributed by atoms with Gasteiger partial charge in [0.15, 0.2) is 5.76 Å². The van der Waals surface area contributed by atoms with Gasteiger partial charge in [-0.15, -0.1) is 0 Å². The predicted octanol–water partition coefficient (Wildman–Crippen LogP) is 1.24. The second-order valence-electron chi connectivity index (χ2n) is 4.43. The Hall–Kier alpha value is -1.78. The van der Waals surface area contributed by atoms with E-state index in [2.05, 4.69) is 10.6 Å². The molecule has 0 aromatic carbocycles. The summed E-state index contributed by atoms with van der Waals surface area (Å²) >= 11 is 0. The first-order valence-corrected chi connectivity index (χ1v) is 6.38. The molecule has 5 heteroatoms. The van der Waals surface area contributed by atoms with Gasteiger partial charge in [-0.05, 0) is 31.4 Å². The molecule has 2 amide bonds. The van der Waals surface area contributed by atoms with E-state index in [1.165, 1.54) is 0 Å². The van der Waals surface area contributed by atoms with Crippen molar-refractivity contribution in [2.75, 3.05) is 6.54 Å². The van der Waals surface area contributed by atoms with E-state index in [0.29, 0.717) is 13.0 Å². The quantitative estimate of drug-likeness (QED) is 0.847. The average Bonchev–Trinajstić information content (AvgIpc) is 2.77. The van der Waals surface area contributed by atoms with Gasteiger partial charge >= 0.3 is 0 Å². The lowest BCUT2D eigenvalue weighted by molar-refractivity contribution is -0.122. The van der Waals surface area contributed by atoms with Crippen LogP contribution in [-0.4, -0.2) is 24.4 Å². The highest BCUT2D eigenvalue weighted by Crippen LogP contribution is 2.10. The molecule has 1 fully saturated rings. The molecule has 1 saturated heterocycles. The molecule has 1 aromatic rings. The Bertz CT molecular complexity index is 439. The van der Waals surface area contributed by atoms with Gasteiger partial charge in [-0.1, -0.05) is 6.92 Å². The normalized spacial score (nSPS) is 20.1. The fourth-order valence-electron chi connectivity index (χ4n) is 2.00. The number of carbonyl (C=O) groups excluding carboxylic acids is 2. The Balaban J connectivity index is 1.99. The summed E-state index contributed by atoms with van der Waals surface area (Å²) in [5.41, 5.74) is 0. The van der Waals surface area contributed by atoms with Crippen molar-refractivity contribution in [2.24, 2.45) is 0 Å². The summed E-state index contributed by atoms with van der Waals surface area (Å²) in [6.07, 6.45) is 3.32. The van der Waals surface area contributed by atoms with Crippen LogP contribution >= 0.6 is 0 Å². The molecular formula is C13H18N2O3. The van der Waals surface area contributed by atoms with Gasteiger partial charge in [0.2, 0.25) is 5.91 Å². The number of amides is 2. The van der Waals surface area contributed by atoms with Crippen LogP contribution in [0.3, 0.4) is 0 Å². The van der Waals surface area contributed by atoms with Crippen molar-refractivity contribution in [3.8, 4) is 0 Å². The van der Waals surface area contributed by atoms with Gasteiger partial charge in [0.05, 0.1) is 0 Å². The van der Waals surface area contributed by atoms with Gasteiger partial charge in [-0.3, -0.25) is 9.59 Å². The van der Waals surface area contributed by atoms with Crippen molar-refractivity contribution in [2.45, 2.75) is 38.6 Å². The van der Waals surface area contributed by atoms with Gasteiger partial charge in [0.25, 0.3) is 5.91 Å². The lowest BCUT2D eigenvalue weighted by Gasteiger charge is -2.13. The molecule has 1 aliphatic rings. The molecule has 98 valence electrons. The first kappa shape index (κ1) is 12.7. The number of rotatable bonds is 3. The van der Waals surface area contributed by atoms with Gasteiger partial charge in [0.1, 0.15) is 11.8 Å². The maximum atomic E-state index is 11.9. The van der Waals surface area contributed by atoms with Gasteiger partial charge in [-0.25, -0.2) is 0 Å². The smallest absolute Gasteiger partial charge is 0.287 e. The van der Waals surface area contributed by atoms with Crippen molar-refractivity contribution >= 4 is 11.8 Å². The highest BCUT2D eigenvalue weighted by Gasteiger charge is 2.23. The van der Waals surface area contributed by atoms with Crippen LogP contribution in [0.2, 0.25) is 0 Å². The fraction of sp³-hybridized carbons (Fsp3) is 0.538. The van der Waals surface area contributed by atoms with Crippen LogP contribution in [0.1, 0.15) is 42.5 Å². The van der Waals surface area contributed by atoms with Crippen LogP contribution in [-0.2, 0) is 11.2 Å². The largest absolute Gasteiger partial charge is 0.456 e. The fourth-order valence-corrected chi connectivity index (χ4v) is 2.00. The van der Waals surface area contributed by atoms with Crippen molar-refractivity contribution in [1.29, 1.82) is 0 Å². The van der Waals surface area contributed by atoms with E-state index >= 15 is 0 Å². The minimum Gasteiger partial charge on any atom is -0.456 e. The monoisotopic (exact) mass is 250 g/mol. The number of nitrogens with one attached hydrogen (secondary N) is 2. The van der Waals surface area contributed by atoms with Crippen molar-refractivity contribution in [1.82, 2.24) is 10.6 Å². The summed E-state index contributed by atoms with van der Waals surface area (Å²) in [7, 11) is 0. The molecule has 2 N–H and O–H groups in total. The number of carbonyl (C=O) groups is 2. The molecule has 0 saturated carbocycles. The molecule has 0 unspecified atom stereocenters. The third kappa shape index (κ3) is 2.91. The molecule has 1 aliphatic heterocycles. The predicted molar refractivity (Wildman–Crippen MR) is 66.2 cm³/mol. The first-order valence-electron chi connectivity index (χ1n) is 6.38. The number of furan rings is 1. The standard InChI is InChI=1S/C13H18N2O3/c1-2-9-6-7-11(18-9)13(17)15-10-5-3-4-8-14-12(10)16/h6-7,10H,2-5,8H2,1H3,(H,14,16)(H,15,17)/t10-/m1/s1. The zero-order valence-electron chi connectivity index (χ0n) is 10.5. The summed E-state index contributed by atoms with van der Waals surface area (Å²) in [4.78, 5) is 23.6. The zero-order valence-corrected chi connectivity index (χ0v) is 10.5. The van der Waals surface area contributed by atoms with Crippen LogP contribution in [0.4, 0.5) is 0 Å². The Kier molecular flexibility index (Phi) is 4.02. The molecule has 2 heterocycles. The van der Waals surface area contributed by atoms with E-state index in [9.17, 15) is 9.59 Å². The molecule has 0 spiro atoms. The Labute approximate surface area is 106 Å². The van der Waals surface area contributed by atoms with Crippen LogP contribution in [0, 0.1) is 0 Å². The summed E-state index contributed by atoms with van der Waals surface area (Å²) in [6, 6.07) is 2.97. The lowest BCUT2D eigenvalue weighted by Crippen LogP contribution is -2.45. The summed E-state index contributed by atoms with van der Waals surface area (Å²) in [6.45, 7) is 2.64. The molecule has 0 radical (unpaired) electrons. The van der Waals surface area contributed by atoms with E-state index in [1.807, 2.05) is 6.92 Å². The van der Waals surface area contributed by atoms with Crippen LogP contribution in [0.5, 0.6) is 0 Å². The highest BCUT2D eigenvalue weighted by molar-refractivity contribution is 5.95. The van der Waals surface area contributed by atoms with Crippen LogP contribution in [0.25, 0.3) is 0 Å². The Morgan fingerprint density at radius 1 is 1.50 bits per heavy atom. The molecule has 5 nitrogen and oxygen atoms in total. The van der Waals surface area contributed by atoms with E-state index in [-0.39, 0.29) is 17.6 Å². The molecule has 18 heavy (non-hydrogen) atoms. The van der Waals surface area contributed by atoms with E-state index in [0.717, 1.165) is 25.0 Å². The zero-order chi connectivity index (χ0) is 13.0. The number of aryl methyl sites for hydroxylation is 1. The number of hydrogen-bond donors (Lipinski definition) is 2. The Morgan fingerprint density at radius 2 is 2.33 bits per heavy atom. The maximum absolute atomic E-state index is 11.9. The SMILES string of the molecule is CCc1ccc(C(=O)N[C@@H]2CCCCNC2=O)o1. The second kappa shape index (κ2) is 5.71. The lowest BCUT2D eigenvalue weighted by atomic mass is 10.1. The van der Waals surface area contributed by atoms with E-state index in [1.54, 1.807) is 12.1 Å². The molecule has 2 rings (SSSR count). The van der Waals surface area contributed by atoms with Crippen molar-refractivity contribution in [3.63, 3.8) is 0 Å². The summed E-state index contributed by atoms with van der Waals surface area (Å²) in [5.74, 6) is 0.606. The van der Waals surface area contributed by atoms with Gasteiger partial charge in [0, 0.05) is 13.0 Å². The van der Waals surface area contributed by atoms with Crippen molar-refractivity contribution < 1.29 is 14.0 Å². The molecule has 0 aliphatic carbocycles. The third-order valence-electron chi connectivity index (χ3n) is 3.07. The molecule has 1 atom stereocenters. The second-order valence-corrected chi connectivity index (χ2v) is 4.43. The summed E-state index contributed by atoms with van der Waals surface area (Å²) < 4.78 is 5.36. The van der Waals surface area contributed by atoms with E-state index < -0.39 is 6.04 Å². The van der Waals surface area contributed by atoms with E-state index in [4.69, 9.17) is 4.42 Å². The first-order chi connectivity index (χ1) is 8.70. The average molecular weight is 250 g/mol. The Morgan fingerprint density at radius 3 is 3.06 bits per heavy atom. The van der Waals surface area contributed by atoms with Crippen LogP contribution < -0.4 is 10.6 Å². The summed E-state index contributed by atoms with van der Waals surface area (Å²) in [5, 5.41) is 5.50. The minimum absolute atomic E-state index is 0.108. The molecule has 1 aromatic heterocycles. The van der Waals surface area contributed by atoms with Gasteiger partial charge in [-0.2, -0.15) is 0 Å². The minimum atomic E-state index is -0.449. The molecule has 0 bridgehead atoms. The van der Waals surface area contributed by atoms with Crippen LogP contribution in [0.15, 0.2) is 16.5 Å². The topological polar surface area (TPSA) is 71.3 Å². The van der Waals surface area contributed by atoms with Crippen molar-refractivity contribution in [3.05, 3.63) is 23.7 Å². The third-order valence-corrected chi connectivity index (χ3v) is 3.07. The maximum Gasteiger partial charge on any atom is 0.287 e. The van der Waals surface area contributed by atoms with Gasteiger partial charge < -0.3 is 15.1 Å². The molecular weight excluding hydrogens is 232 g/mol. The number of hydrogen-bond acceptors (Lipinski definition) is 3. The highest BCUT2D eigenvalue weighted by atomic mass is 16.3.